The zero-order chi connectivity index (χ0) is 6.27. The van der Waals surface area contributed by atoms with Crippen molar-refractivity contribution in [3.8, 4) is 0 Å². The minimum atomic E-state index is -0.617. The van der Waals surface area contributed by atoms with E-state index in [1.54, 1.807) is 0 Å². The van der Waals surface area contributed by atoms with Crippen LogP contribution in [0.3, 0.4) is 0 Å². The number of allylic oxidation sites excluding steroid dienone is 1. The van der Waals surface area contributed by atoms with Crippen LogP contribution in [0.15, 0.2) is 24.3 Å². The number of hydrogen-bond acceptors (Lipinski definition) is 1. The van der Waals surface area contributed by atoms with Crippen molar-refractivity contribution in [1.82, 2.24) is 0 Å². The van der Waals surface area contributed by atoms with Crippen LogP contribution in [0.1, 0.15) is 6.42 Å². The number of rotatable bonds is 0. The van der Waals surface area contributed by atoms with Gasteiger partial charge in [-0.25, -0.2) is 0 Å². The zero-order valence-electron chi connectivity index (χ0n) is 4.99. The smallest absolute Gasteiger partial charge is 0.0714 e. The van der Waals surface area contributed by atoms with Gasteiger partial charge in [-0.2, -0.15) is 0 Å². The molecule has 2 aliphatic heterocycles. The average molecular weight is 140 g/mol. The highest BCUT2D eigenvalue weighted by Gasteiger charge is 2.27. The molecule has 2 heterocycles. The van der Waals surface area contributed by atoms with E-state index in [1.807, 2.05) is 12.2 Å². The monoisotopic (exact) mass is 140 g/mol. The van der Waals surface area contributed by atoms with Crippen LogP contribution in [0.5, 0.6) is 0 Å². The first kappa shape index (κ1) is 5.42. The minimum Gasteiger partial charge on any atom is -0.258 e. The van der Waals surface area contributed by atoms with E-state index >= 15 is 0 Å². The Morgan fingerprint density at radius 2 is 2.22 bits per heavy atom. The van der Waals surface area contributed by atoms with Crippen LogP contribution in [0, 0.1) is 0 Å². The van der Waals surface area contributed by atoms with Gasteiger partial charge in [-0.15, -0.1) is 0 Å². The van der Waals surface area contributed by atoms with Gasteiger partial charge in [0.1, 0.15) is 0 Å². The molecule has 48 valence electrons. The van der Waals surface area contributed by atoms with Crippen LogP contribution in [-0.4, -0.2) is 14.7 Å². The first-order valence-electron chi connectivity index (χ1n) is 3.12. The molecule has 2 bridgehead atoms. The van der Waals surface area contributed by atoms with Gasteiger partial charge in [0.2, 0.25) is 0 Å². The summed E-state index contributed by atoms with van der Waals surface area (Å²) in [6.45, 7) is 0. The highest BCUT2D eigenvalue weighted by molar-refractivity contribution is 7.87. The lowest BCUT2D eigenvalue weighted by Crippen LogP contribution is -2.18. The van der Waals surface area contributed by atoms with E-state index in [0.717, 1.165) is 6.42 Å². The summed E-state index contributed by atoms with van der Waals surface area (Å²) in [6, 6.07) is 0. The summed E-state index contributed by atoms with van der Waals surface area (Å²) in [7, 11) is -0.617. The summed E-state index contributed by atoms with van der Waals surface area (Å²) in [5.74, 6) is 0. The fourth-order valence-corrected chi connectivity index (χ4v) is 2.71. The average Bonchev–Trinajstić information content (AvgIpc) is 2.19. The highest BCUT2D eigenvalue weighted by atomic mass is 32.2. The number of fused-ring (bicyclic) bond motifs is 2. The van der Waals surface area contributed by atoms with Crippen LogP contribution < -0.4 is 0 Å². The quantitative estimate of drug-likeness (QED) is 0.459. The Morgan fingerprint density at radius 3 is 2.89 bits per heavy atom. The Kier molecular flexibility index (Phi) is 1.09. The summed E-state index contributed by atoms with van der Waals surface area (Å²) >= 11 is 0. The van der Waals surface area contributed by atoms with E-state index in [0.29, 0.717) is 5.25 Å². The largest absolute Gasteiger partial charge is 0.258 e. The van der Waals surface area contributed by atoms with Gasteiger partial charge < -0.3 is 0 Å². The Labute approximate surface area is 56.9 Å². The summed E-state index contributed by atoms with van der Waals surface area (Å²) < 4.78 is 11.2. The second kappa shape index (κ2) is 1.81. The fourth-order valence-electron chi connectivity index (χ4n) is 1.25. The molecule has 2 rings (SSSR count). The molecule has 1 nitrogen and oxygen atoms in total. The molecule has 0 amide bonds. The lowest BCUT2D eigenvalue weighted by Gasteiger charge is -2.11. The van der Waals surface area contributed by atoms with E-state index in [4.69, 9.17) is 0 Å². The van der Waals surface area contributed by atoms with Gasteiger partial charge in [0.25, 0.3) is 0 Å². The van der Waals surface area contributed by atoms with Crippen molar-refractivity contribution in [2.24, 2.45) is 0 Å². The van der Waals surface area contributed by atoms with E-state index in [1.165, 1.54) is 0 Å². The Balaban J connectivity index is 2.41. The Morgan fingerprint density at radius 1 is 1.33 bits per heavy atom. The number of hydrogen-bond donors (Lipinski definition) is 0. The molecule has 0 aromatic rings. The highest BCUT2D eigenvalue weighted by Crippen LogP contribution is 2.24. The van der Waals surface area contributed by atoms with Gasteiger partial charge in [-0.3, -0.25) is 4.21 Å². The van der Waals surface area contributed by atoms with Gasteiger partial charge in [0.15, 0.2) is 0 Å². The molecule has 0 saturated carbocycles. The third kappa shape index (κ3) is 0.697. The van der Waals surface area contributed by atoms with Crippen molar-refractivity contribution in [2.75, 3.05) is 0 Å². The summed E-state index contributed by atoms with van der Waals surface area (Å²) in [6.07, 6.45) is 9.25. The van der Waals surface area contributed by atoms with Crippen molar-refractivity contribution < 1.29 is 4.21 Å². The Bertz CT molecular complexity index is 203. The molecule has 1 unspecified atom stereocenters. The van der Waals surface area contributed by atoms with E-state index in [-0.39, 0.29) is 5.25 Å². The molecule has 0 saturated heterocycles. The van der Waals surface area contributed by atoms with E-state index in [9.17, 15) is 4.21 Å². The van der Waals surface area contributed by atoms with Crippen LogP contribution in [0.25, 0.3) is 0 Å². The molecule has 0 N–H and O–H groups in total. The third-order valence-corrected chi connectivity index (χ3v) is 3.57. The van der Waals surface area contributed by atoms with Gasteiger partial charge >= 0.3 is 0 Å². The second-order valence-corrected chi connectivity index (χ2v) is 4.19. The predicted molar refractivity (Wildman–Crippen MR) is 38.6 cm³/mol. The summed E-state index contributed by atoms with van der Waals surface area (Å²) in [5, 5.41) is 0.573. The SMILES string of the molecule is O=S1[C@@H]2C=CC[C@H]1C=C2. The fraction of sp³-hybridized carbons (Fsp3) is 0.429. The lowest BCUT2D eigenvalue weighted by molar-refractivity contribution is 0.677. The molecule has 9 heavy (non-hydrogen) atoms. The maximum absolute atomic E-state index is 11.2. The lowest BCUT2D eigenvalue weighted by atomic mass is 10.3. The standard InChI is InChI=1S/C7H8OS/c8-9-6-2-1-3-7(9)5-4-6/h1-2,4-7H,3H2/t6-,7+,9?/m1/s1. The van der Waals surface area contributed by atoms with Gasteiger partial charge in [-0.1, -0.05) is 24.3 Å². The van der Waals surface area contributed by atoms with Crippen LogP contribution in [0.4, 0.5) is 0 Å². The predicted octanol–water partition coefficient (Wildman–Crippen LogP) is 1.00. The molecule has 3 atom stereocenters. The maximum atomic E-state index is 11.2. The van der Waals surface area contributed by atoms with Crippen molar-refractivity contribution in [1.29, 1.82) is 0 Å². The topological polar surface area (TPSA) is 17.1 Å². The third-order valence-electron chi connectivity index (χ3n) is 1.78. The summed E-state index contributed by atoms with van der Waals surface area (Å²) in [4.78, 5) is 0. The van der Waals surface area contributed by atoms with E-state index < -0.39 is 10.8 Å². The normalized spacial score (nSPS) is 46.0. The van der Waals surface area contributed by atoms with Crippen molar-refractivity contribution in [2.45, 2.75) is 16.9 Å². The maximum Gasteiger partial charge on any atom is 0.0714 e. The molecule has 0 fully saturated rings. The van der Waals surface area contributed by atoms with Gasteiger partial charge in [-0.05, 0) is 6.42 Å². The van der Waals surface area contributed by atoms with Gasteiger partial charge in [0, 0.05) is 10.8 Å². The molecule has 0 radical (unpaired) electrons. The zero-order valence-corrected chi connectivity index (χ0v) is 5.80. The molecule has 0 aromatic heterocycles. The second-order valence-electron chi connectivity index (χ2n) is 2.38. The molecule has 2 aliphatic rings. The van der Waals surface area contributed by atoms with Gasteiger partial charge in [0.05, 0.1) is 10.5 Å². The molecule has 2 heteroatoms. The van der Waals surface area contributed by atoms with Crippen LogP contribution >= 0.6 is 0 Å². The van der Waals surface area contributed by atoms with Crippen LogP contribution in [0.2, 0.25) is 0 Å². The molecular formula is C7H8OS. The molecule has 0 aliphatic carbocycles. The summed E-state index contributed by atoms with van der Waals surface area (Å²) in [5.41, 5.74) is 0. The van der Waals surface area contributed by atoms with Crippen LogP contribution in [-0.2, 0) is 10.8 Å². The van der Waals surface area contributed by atoms with E-state index in [2.05, 4.69) is 12.2 Å². The molecule has 0 spiro atoms. The first-order valence-corrected chi connectivity index (χ1v) is 4.40. The first-order chi connectivity index (χ1) is 4.38. The van der Waals surface area contributed by atoms with Crippen molar-refractivity contribution in [3.05, 3.63) is 24.3 Å². The van der Waals surface area contributed by atoms with Crippen molar-refractivity contribution in [3.63, 3.8) is 0 Å². The molecular weight excluding hydrogens is 132 g/mol. The molecule has 0 aromatic carbocycles. The minimum absolute atomic E-state index is 0.240. The van der Waals surface area contributed by atoms with Crippen molar-refractivity contribution >= 4 is 10.8 Å². The Hall–Kier alpha value is -0.370.